The van der Waals surface area contributed by atoms with E-state index in [4.69, 9.17) is 25.3 Å². The van der Waals surface area contributed by atoms with E-state index in [1.54, 1.807) is 30.3 Å². The molecule has 1 amide bonds. The minimum absolute atomic E-state index is 0.0234. The van der Waals surface area contributed by atoms with Crippen LogP contribution in [0.1, 0.15) is 29.3 Å². The maximum atomic E-state index is 12.4. The van der Waals surface area contributed by atoms with E-state index in [9.17, 15) is 13.2 Å². The number of hydrogen-bond donors (Lipinski definition) is 1. The van der Waals surface area contributed by atoms with Gasteiger partial charge < -0.3 is 13.7 Å². The monoisotopic (exact) mass is 502 g/mol. The molecule has 0 spiro atoms. The van der Waals surface area contributed by atoms with Gasteiger partial charge in [0.05, 0.1) is 19.9 Å². The first-order valence-corrected chi connectivity index (χ1v) is 12.1. The Kier molecular flexibility index (Phi) is 8.50. The van der Waals surface area contributed by atoms with Gasteiger partial charge in [0.15, 0.2) is 11.5 Å². The third kappa shape index (κ3) is 6.72. The van der Waals surface area contributed by atoms with Crippen molar-refractivity contribution < 1.29 is 26.9 Å². The van der Waals surface area contributed by atoms with Gasteiger partial charge in [-0.1, -0.05) is 30.7 Å². The Labute approximate surface area is 203 Å². The van der Waals surface area contributed by atoms with Crippen molar-refractivity contribution in [3.05, 3.63) is 82.9 Å². The molecule has 0 saturated carbocycles. The zero-order valence-electron chi connectivity index (χ0n) is 18.5. The highest BCUT2D eigenvalue weighted by molar-refractivity contribution is 7.87. The lowest BCUT2D eigenvalue weighted by molar-refractivity contribution is 0.0954. The summed E-state index contributed by atoms with van der Waals surface area (Å²) >= 11 is 5.80. The molecule has 0 saturated heterocycles. The smallest absolute Gasteiger partial charge is 0.339 e. The summed E-state index contributed by atoms with van der Waals surface area (Å²) < 4.78 is 40.9. The van der Waals surface area contributed by atoms with Crippen LogP contribution in [0, 0.1) is 0 Å². The van der Waals surface area contributed by atoms with Crippen molar-refractivity contribution in [3.8, 4) is 17.2 Å². The van der Waals surface area contributed by atoms with Crippen molar-refractivity contribution in [2.75, 3.05) is 13.7 Å². The summed E-state index contributed by atoms with van der Waals surface area (Å²) in [5.41, 5.74) is 3.28. The number of carbonyl (C=O) groups is 1. The number of hydrogen-bond acceptors (Lipinski definition) is 7. The highest BCUT2D eigenvalue weighted by atomic mass is 35.5. The van der Waals surface area contributed by atoms with Crippen LogP contribution in [-0.4, -0.2) is 34.3 Å². The molecule has 10 heteroatoms. The van der Waals surface area contributed by atoms with Gasteiger partial charge in [-0.25, -0.2) is 5.43 Å². The molecule has 0 atom stereocenters. The lowest BCUT2D eigenvalue weighted by Gasteiger charge is -2.11. The van der Waals surface area contributed by atoms with Crippen LogP contribution >= 0.6 is 11.6 Å². The van der Waals surface area contributed by atoms with Gasteiger partial charge in [-0.3, -0.25) is 4.79 Å². The van der Waals surface area contributed by atoms with Crippen molar-refractivity contribution in [2.45, 2.75) is 18.2 Å². The van der Waals surface area contributed by atoms with Crippen molar-refractivity contribution in [3.63, 3.8) is 0 Å². The fourth-order valence-corrected chi connectivity index (χ4v) is 3.84. The van der Waals surface area contributed by atoms with E-state index in [1.807, 2.05) is 6.92 Å². The molecule has 0 aliphatic heterocycles. The maximum absolute atomic E-state index is 12.4. The zero-order chi connectivity index (χ0) is 24.6. The lowest BCUT2D eigenvalue weighted by Crippen LogP contribution is -2.17. The van der Waals surface area contributed by atoms with Crippen molar-refractivity contribution >= 4 is 33.8 Å². The SMILES string of the molecule is CCCOc1ccc(C(=O)N/N=C/c2cccc(OS(=O)(=O)c3ccc(Cl)cc3)c2)cc1OC. The molecule has 1 N–H and O–H groups in total. The normalized spacial score (nSPS) is 11.3. The predicted octanol–water partition coefficient (Wildman–Crippen LogP) is 4.67. The number of rotatable bonds is 10. The fourth-order valence-electron chi connectivity index (χ4n) is 2.79. The van der Waals surface area contributed by atoms with Crippen LogP contribution in [0.25, 0.3) is 0 Å². The number of amides is 1. The summed E-state index contributed by atoms with van der Waals surface area (Å²) in [5, 5.41) is 4.35. The van der Waals surface area contributed by atoms with Crippen molar-refractivity contribution in [1.82, 2.24) is 5.43 Å². The number of nitrogens with zero attached hydrogens (tertiary/aromatic N) is 1. The minimum Gasteiger partial charge on any atom is -0.493 e. The van der Waals surface area contributed by atoms with E-state index >= 15 is 0 Å². The molecule has 3 aromatic carbocycles. The average molecular weight is 503 g/mol. The highest BCUT2D eigenvalue weighted by Gasteiger charge is 2.16. The largest absolute Gasteiger partial charge is 0.493 e. The standard InChI is InChI=1S/C24H23ClN2O6S/c1-3-13-32-22-12-7-18(15-23(22)31-2)24(28)27-26-16-17-5-4-6-20(14-17)33-34(29,30)21-10-8-19(25)9-11-21/h4-12,14-16H,3,13H2,1-2H3,(H,27,28)/b26-16+. The minimum atomic E-state index is -4.03. The maximum Gasteiger partial charge on any atom is 0.339 e. The van der Waals surface area contributed by atoms with Crippen LogP contribution in [0.4, 0.5) is 0 Å². The van der Waals surface area contributed by atoms with E-state index in [1.165, 1.54) is 49.7 Å². The topological polar surface area (TPSA) is 103 Å². The van der Waals surface area contributed by atoms with Gasteiger partial charge in [-0.2, -0.15) is 13.5 Å². The molecule has 3 rings (SSSR count). The number of carbonyl (C=O) groups excluding carboxylic acids is 1. The Morgan fingerprint density at radius 1 is 1.06 bits per heavy atom. The van der Waals surface area contributed by atoms with Crippen molar-refractivity contribution in [2.24, 2.45) is 5.10 Å². The lowest BCUT2D eigenvalue weighted by atomic mass is 10.2. The Balaban J connectivity index is 1.66. The van der Waals surface area contributed by atoms with Gasteiger partial charge in [0.1, 0.15) is 10.6 Å². The van der Waals surface area contributed by atoms with Crippen LogP contribution in [0.15, 0.2) is 76.7 Å². The number of nitrogens with one attached hydrogen (secondary N) is 1. The second-order valence-electron chi connectivity index (χ2n) is 6.98. The van der Waals surface area contributed by atoms with Crippen LogP contribution in [-0.2, 0) is 10.1 Å². The summed E-state index contributed by atoms with van der Waals surface area (Å²) in [7, 11) is -2.53. The molecule has 8 nitrogen and oxygen atoms in total. The molecule has 3 aromatic rings. The number of halogens is 1. The summed E-state index contributed by atoms with van der Waals surface area (Å²) in [6.07, 6.45) is 2.22. The first-order chi connectivity index (χ1) is 16.3. The highest BCUT2D eigenvalue weighted by Crippen LogP contribution is 2.28. The Bertz CT molecular complexity index is 1280. The molecule has 34 heavy (non-hydrogen) atoms. The second kappa shape index (κ2) is 11.5. The molecule has 0 aliphatic rings. The van der Waals surface area contributed by atoms with E-state index in [-0.39, 0.29) is 10.6 Å². The molecule has 178 valence electrons. The molecular formula is C24H23ClN2O6S. The molecule has 0 aliphatic carbocycles. The molecule has 0 heterocycles. The van der Waals surface area contributed by atoms with E-state index in [2.05, 4.69) is 10.5 Å². The van der Waals surface area contributed by atoms with Gasteiger partial charge >= 0.3 is 10.1 Å². The molecule has 0 bridgehead atoms. The van der Waals surface area contributed by atoms with Crippen LogP contribution in [0.5, 0.6) is 17.2 Å². The Morgan fingerprint density at radius 3 is 2.53 bits per heavy atom. The molecule has 0 radical (unpaired) electrons. The van der Waals surface area contributed by atoms with Crippen LogP contribution < -0.4 is 19.1 Å². The molecule has 0 unspecified atom stereocenters. The number of methoxy groups -OCH3 is 1. The van der Waals surface area contributed by atoms with E-state index < -0.39 is 16.0 Å². The Hall–Kier alpha value is -3.56. The zero-order valence-corrected chi connectivity index (χ0v) is 20.1. The van der Waals surface area contributed by atoms with Crippen LogP contribution in [0.2, 0.25) is 5.02 Å². The second-order valence-corrected chi connectivity index (χ2v) is 8.96. The summed E-state index contributed by atoms with van der Waals surface area (Å²) in [5.74, 6) is 0.638. The number of hydrazone groups is 1. The average Bonchev–Trinajstić information content (AvgIpc) is 2.82. The molecule has 0 fully saturated rings. The van der Waals surface area contributed by atoms with E-state index in [0.29, 0.717) is 34.3 Å². The Morgan fingerprint density at radius 2 is 1.82 bits per heavy atom. The van der Waals surface area contributed by atoms with Gasteiger partial charge in [-0.05, 0) is 66.6 Å². The van der Waals surface area contributed by atoms with Gasteiger partial charge in [0.2, 0.25) is 0 Å². The summed E-state index contributed by atoms with van der Waals surface area (Å²) in [4.78, 5) is 12.4. The van der Waals surface area contributed by atoms with E-state index in [0.717, 1.165) is 6.42 Å². The third-order valence-corrected chi connectivity index (χ3v) is 5.95. The first-order valence-electron chi connectivity index (χ1n) is 10.3. The number of benzene rings is 3. The van der Waals surface area contributed by atoms with Gasteiger partial charge in [0, 0.05) is 10.6 Å². The van der Waals surface area contributed by atoms with Crippen molar-refractivity contribution in [1.29, 1.82) is 0 Å². The molecule has 0 aromatic heterocycles. The van der Waals surface area contributed by atoms with Crippen LogP contribution in [0.3, 0.4) is 0 Å². The first kappa shape index (κ1) is 25.1. The quantitative estimate of drug-likeness (QED) is 0.245. The van der Waals surface area contributed by atoms with Gasteiger partial charge in [-0.15, -0.1) is 0 Å². The predicted molar refractivity (Wildman–Crippen MR) is 130 cm³/mol. The van der Waals surface area contributed by atoms with Gasteiger partial charge in [0.25, 0.3) is 5.91 Å². The fraction of sp³-hybridized carbons (Fsp3) is 0.167. The summed E-state index contributed by atoms with van der Waals surface area (Å²) in [6, 6.07) is 16.7. The summed E-state index contributed by atoms with van der Waals surface area (Å²) in [6.45, 7) is 2.53. The molecular weight excluding hydrogens is 480 g/mol. The third-order valence-electron chi connectivity index (χ3n) is 4.43. The number of ether oxygens (including phenoxy) is 2.